The van der Waals surface area contributed by atoms with Gasteiger partial charge >= 0.3 is 5.69 Å². The van der Waals surface area contributed by atoms with Crippen LogP contribution in [0.15, 0.2) is 41.3 Å². The molecule has 0 unspecified atom stereocenters. The van der Waals surface area contributed by atoms with Crippen molar-refractivity contribution in [1.29, 1.82) is 0 Å². The third kappa shape index (κ3) is 1.91. The number of carbonyl (C=O) groups excluding carboxylic acids is 1. The molecule has 1 aromatic carbocycles. The van der Waals surface area contributed by atoms with Crippen LogP contribution in [0.3, 0.4) is 0 Å². The number of ketones is 1. The average molecular weight is 214 g/mol. The fourth-order valence-electron chi connectivity index (χ4n) is 1.55. The van der Waals surface area contributed by atoms with Crippen molar-refractivity contribution >= 4 is 5.78 Å². The molecule has 0 saturated carbocycles. The van der Waals surface area contributed by atoms with Crippen molar-refractivity contribution in [3.8, 4) is 11.3 Å². The van der Waals surface area contributed by atoms with Gasteiger partial charge in [-0.1, -0.05) is 24.3 Å². The highest BCUT2D eigenvalue weighted by atomic mass is 16.1. The fourth-order valence-corrected chi connectivity index (χ4v) is 1.55. The van der Waals surface area contributed by atoms with Gasteiger partial charge in [0.1, 0.15) is 0 Å². The average Bonchev–Trinajstić information content (AvgIpc) is 2.29. The standard InChI is InChI=1S/C12H10N2O2/c1-8(15)9-4-2-3-5-10(9)11-6-7-13-12(16)14-11/h2-7H,1H3,(H,13,14,16). The van der Waals surface area contributed by atoms with E-state index in [-0.39, 0.29) is 5.78 Å². The quantitative estimate of drug-likeness (QED) is 0.773. The molecule has 4 nitrogen and oxygen atoms in total. The van der Waals surface area contributed by atoms with E-state index in [1.54, 1.807) is 24.3 Å². The normalized spacial score (nSPS) is 10.1. The number of nitrogens with zero attached hydrogens (tertiary/aromatic N) is 1. The molecule has 0 atom stereocenters. The second-order valence-corrected chi connectivity index (χ2v) is 3.39. The highest BCUT2D eigenvalue weighted by Gasteiger charge is 2.08. The zero-order valence-corrected chi connectivity index (χ0v) is 8.73. The third-order valence-electron chi connectivity index (χ3n) is 2.27. The van der Waals surface area contributed by atoms with Crippen LogP contribution >= 0.6 is 0 Å². The maximum Gasteiger partial charge on any atom is 0.345 e. The number of nitrogens with one attached hydrogen (secondary N) is 1. The third-order valence-corrected chi connectivity index (χ3v) is 2.27. The number of H-pyrrole nitrogens is 1. The minimum Gasteiger partial charge on any atom is -0.305 e. The van der Waals surface area contributed by atoms with E-state index in [0.717, 1.165) is 5.56 Å². The molecule has 2 rings (SSSR count). The molecule has 0 amide bonds. The van der Waals surface area contributed by atoms with Gasteiger partial charge in [-0.05, 0) is 13.0 Å². The summed E-state index contributed by atoms with van der Waals surface area (Å²) in [4.78, 5) is 28.7. The molecule has 0 aliphatic rings. The second-order valence-electron chi connectivity index (χ2n) is 3.39. The summed E-state index contributed by atoms with van der Waals surface area (Å²) in [6, 6.07) is 8.81. The Bertz CT molecular complexity index is 587. The second kappa shape index (κ2) is 4.10. The zero-order chi connectivity index (χ0) is 11.5. The molecule has 0 aliphatic heterocycles. The van der Waals surface area contributed by atoms with Crippen molar-refractivity contribution in [2.45, 2.75) is 6.92 Å². The van der Waals surface area contributed by atoms with Crippen molar-refractivity contribution in [3.05, 3.63) is 52.6 Å². The summed E-state index contributed by atoms with van der Waals surface area (Å²) < 4.78 is 0. The summed E-state index contributed by atoms with van der Waals surface area (Å²) >= 11 is 0. The first-order chi connectivity index (χ1) is 7.68. The Morgan fingerprint density at radius 3 is 2.69 bits per heavy atom. The van der Waals surface area contributed by atoms with Crippen LogP contribution in [0.1, 0.15) is 17.3 Å². The molecule has 16 heavy (non-hydrogen) atoms. The fraction of sp³-hybridized carbons (Fsp3) is 0.0833. The van der Waals surface area contributed by atoms with E-state index in [1.807, 2.05) is 6.07 Å². The molecule has 0 radical (unpaired) electrons. The number of benzene rings is 1. The maximum atomic E-state index is 11.4. The molecule has 0 bridgehead atoms. The number of aromatic nitrogens is 2. The van der Waals surface area contributed by atoms with Crippen LogP contribution in [0.2, 0.25) is 0 Å². The summed E-state index contributed by atoms with van der Waals surface area (Å²) in [5.74, 6) is -0.0340. The molecular weight excluding hydrogens is 204 g/mol. The summed E-state index contributed by atoms with van der Waals surface area (Å²) in [6.07, 6.45) is 1.42. The van der Waals surface area contributed by atoms with Crippen LogP contribution in [0.5, 0.6) is 0 Å². The zero-order valence-electron chi connectivity index (χ0n) is 8.73. The number of carbonyl (C=O) groups is 1. The van der Waals surface area contributed by atoms with Gasteiger partial charge in [0.25, 0.3) is 0 Å². The van der Waals surface area contributed by atoms with E-state index in [2.05, 4.69) is 9.97 Å². The van der Waals surface area contributed by atoms with Crippen LogP contribution in [0.4, 0.5) is 0 Å². The summed E-state index contributed by atoms with van der Waals surface area (Å²) in [7, 11) is 0. The van der Waals surface area contributed by atoms with Crippen LogP contribution in [0.25, 0.3) is 11.3 Å². The Morgan fingerprint density at radius 2 is 2.00 bits per heavy atom. The minimum atomic E-state index is -0.421. The smallest absolute Gasteiger partial charge is 0.305 e. The molecule has 0 fully saturated rings. The predicted molar refractivity (Wildman–Crippen MR) is 60.3 cm³/mol. The van der Waals surface area contributed by atoms with Gasteiger partial charge in [-0.15, -0.1) is 0 Å². The van der Waals surface area contributed by atoms with Crippen molar-refractivity contribution in [3.63, 3.8) is 0 Å². The largest absolute Gasteiger partial charge is 0.345 e. The van der Waals surface area contributed by atoms with Gasteiger partial charge in [0.2, 0.25) is 0 Å². The van der Waals surface area contributed by atoms with Crippen molar-refractivity contribution < 1.29 is 4.79 Å². The van der Waals surface area contributed by atoms with Crippen molar-refractivity contribution in [1.82, 2.24) is 9.97 Å². The van der Waals surface area contributed by atoms with Gasteiger partial charge in [0.05, 0.1) is 5.69 Å². The Morgan fingerprint density at radius 1 is 1.25 bits per heavy atom. The Balaban J connectivity index is 2.64. The first kappa shape index (κ1) is 10.3. The van der Waals surface area contributed by atoms with E-state index < -0.39 is 5.69 Å². The lowest BCUT2D eigenvalue weighted by molar-refractivity contribution is 0.101. The number of rotatable bonds is 2. The molecule has 0 saturated heterocycles. The number of Topliss-reactive ketones (excluding diaryl/α,β-unsaturated/α-hetero) is 1. The van der Waals surface area contributed by atoms with Crippen LogP contribution in [-0.4, -0.2) is 15.8 Å². The molecule has 2 aromatic rings. The molecule has 1 heterocycles. The van der Waals surface area contributed by atoms with E-state index in [0.29, 0.717) is 11.3 Å². The maximum absolute atomic E-state index is 11.4. The summed E-state index contributed by atoms with van der Waals surface area (Å²) in [5.41, 5.74) is 1.49. The molecular formula is C12H10N2O2. The van der Waals surface area contributed by atoms with E-state index in [4.69, 9.17) is 0 Å². The van der Waals surface area contributed by atoms with Gasteiger partial charge in [-0.3, -0.25) is 4.79 Å². The van der Waals surface area contributed by atoms with E-state index >= 15 is 0 Å². The predicted octanol–water partition coefficient (Wildman–Crippen LogP) is 1.64. The summed E-state index contributed by atoms with van der Waals surface area (Å²) in [5, 5.41) is 0. The molecule has 0 spiro atoms. The van der Waals surface area contributed by atoms with Gasteiger partial charge in [-0.25, -0.2) is 9.78 Å². The Labute approximate surface area is 92.0 Å². The first-order valence-electron chi connectivity index (χ1n) is 4.84. The topological polar surface area (TPSA) is 62.8 Å². The lowest BCUT2D eigenvalue weighted by atomic mass is 10.0. The SMILES string of the molecule is CC(=O)c1ccccc1-c1ccnc(=O)[nH]1. The molecule has 4 heteroatoms. The molecule has 1 N–H and O–H groups in total. The van der Waals surface area contributed by atoms with E-state index in [1.165, 1.54) is 13.1 Å². The Kier molecular flexibility index (Phi) is 2.64. The highest BCUT2D eigenvalue weighted by Crippen LogP contribution is 2.20. The number of aromatic amines is 1. The lowest BCUT2D eigenvalue weighted by Gasteiger charge is -2.05. The van der Waals surface area contributed by atoms with Crippen LogP contribution in [0, 0.1) is 0 Å². The Hall–Kier alpha value is -2.23. The van der Waals surface area contributed by atoms with Crippen molar-refractivity contribution in [2.24, 2.45) is 0 Å². The van der Waals surface area contributed by atoms with Gasteiger partial charge in [-0.2, -0.15) is 0 Å². The first-order valence-corrected chi connectivity index (χ1v) is 4.84. The van der Waals surface area contributed by atoms with E-state index in [9.17, 15) is 9.59 Å². The van der Waals surface area contributed by atoms with Crippen LogP contribution in [-0.2, 0) is 0 Å². The minimum absolute atomic E-state index is 0.0340. The van der Waals surface area contributed by atoms with Gasteiger partial charge in [0.15, 0.2) is 5.78 Å². The van der Waals surface area contributed by atoms with Crippen LogP contribution < -0.4 is 5.69 Å². The van der Waals surface area contributed by atoms with Crippen molar-refractivity contribution in [2.75, 3.05) is 0 Å². The lowest BCUT2D eigenvalue weighted by Crippen LogP contribution is -2.10. The van der Waals surface area contributed by atoms with Gasteiger partial charge in [0, 0.05) is 17.3 Å². The molecule has 1 aromatic heterocycles. The monoisotopic (exact) mass is 214 g/mol. The van der Waals surface area contributed by atoms with Gasteiger partial charge < -0.3 is 4.98 Å². The summed E-state index contributed by atoms with van der Waals surface area (Å²) in [6.45, 7) is 1.50. The number of hydrogen-bond donors (Lipinski definition) is 1. The molecule has 80 valence electrons. The highest BCUT2D eigenvalue weighted by molar-refractivity contribution is 6.00. The molecule has 0 aliphatic carbocycles. The number of hydrogen-bond acceptors (Lipinski definition) is 3.